The SMILES string of the molecule is O=C(C=CC(F)F)NF. The number of allylic oxidation sites excluding steroid dienone is 1. The summed E-state index contributed by atoms with van der Waals surface area (Å²) in [4.78, 5) is 9.81. The van der Waals surface area contributed by atoms with Gasteiger partial charge in [0.05, 0.1) is 0 Å². The highest BCUT2D eigenvalue weighted by Crippen LogP contribution is 1.92. The molecule has 0 aromatic rings. The predicted octanol–water partition coefficient (Wildman–Crippen LogP) is 0.808. The van der Waals surface area contributed by atoms with Crippen molar-refractivity contribution in [2.24, 2.45) is 0 Å². The fraction of sp³-hybridized carbons (Fsp3) is 0.250. The topological polar surface area (TPSA) is 29.1 Å². The number of hydrogen-bond donors (Lipinski definition) is 1. The molecule has 0 unspecified atom stereocenters. The first-order valence-corrected chi connectivity index (χ1v) is 2.03. The van der Waals surface area contributed by atoms with Gasteiger partial charge in [0, 0.05) is 6.08 Å². The van der Waals surface area contributed by atoms with Crippen molar-refractivity contribution in [3.63, 3.8) is 0 Å². The highest BCUT2D eigenvalue weighted by molar-refractivity contribution is 5.86. The molecule has 0 atom stereocenters. The Labute approximate surface area is 49.3 Å². The molecule has 0 fully saturated rings. The second-order valence-corrected chi connectivity index (χ2v) is 1.15. The summed E-state index contributed by atoms with van der Waals surface area (Å²) in [6, 6.07) is 0. The summed E-state index contributed by atoms with van der Waals surface area (Å²) in [5.41, 5.74) is 0.661. The highest BCUT2D eigenvalue weighted by Gasteiger charge is 1.95. The van der Waals surface area contributed by atoms with Gasteiger partial charge < -0.3 is 0 Å². The third kappa shape index (κ3) is 4.86. The summed E-state index contributed by atoms with van der Waals surface area (Å²) in [6.45, 7) is 0. The number of carbonyl (C=O) groups is 1. The number of carbonyl (C=O) groups excluding carboxylic acids is 1. The van der Waals surface area contributed by atoms with Crippen LogP contribution in [0.25, 0.3) is 0 Å². The van der Waals surface area contributed by atoms with E-state index < -0.39 is 12.3 Å². The Morgan fingerprint density at radius 1 is 1.56 bits per heavy atom. The maximum absolute atomic E-state index is 11.1. The molecule has 5 heteroatoms. The zero-order chi connectivity index (χ0) is 7.28. The second-order valence-electron chi connectivity index (χ2n) is 1.15. The molecule has 0 rings (SSSR count). The first-order valence-electron chi connectivity index (χ1n) is 2.03. The molecule has 0 heterocycles. The zero-order valence-corrected chi connectivity index (χ0v) is 4.27. The summed E-state index contributed by atoms with van der Waals surface area (Å²) in [5.74, 6) is -1.18. The van der Waals surface area contributed by atoms with Crippen molar-refractivity contribution < 1.29 is 18.1 Å². The Hall–Kier alpha value is -1.00. The van der Waals surface area contributed by atoms with Crippen molar-refractivity contribution in [2.45, 2.75) is 6.43 Å². The van der Waals surface area contributed by atoms with Crippen LogP contribution in [-0.4, -0.2) is 12.3 Å². The van der Waals surface area contributed by atoms with Crippen LogP contribution in [0, 0.1) is 0 Å². The molecule has 0 saturated heterocycles. The summed E-state index contributed by atoms with van der Waals surface area (Å²) in [5, 5.41) is 0. The minimum absolute atomic E-state index is 0.287. The molecule has 0 saturated carbocycles. The normalized spacial score (nSPS) is 10.7. The average molecular weight is 139 g/mol. The molecule has 9 heavy (non-hydrogen) atoms. The Bertz CT molecular complexity index is 123. The van der Waals surface area contributed by atoms with Crippen molar-refractivity contribution in [1.29, 1.82) is 0 Å². The monoisotopic (exact) mass is 139 g/mol. The number of hydrogen-bond acceptors (Lipinski definition) is 1. The maximum Gasteiger partial charge on any atom is 0.271 e. The third-order valence-electron chi connectivity index (χ3n) is 0.486. The van der Waals surface area contributed by atoms with E-state index in [4.69, 9.17) is 0 Å². The first kappa shape index (κ1) is 8.00. The summed E-state index contributed by atoms with van der Waals surface area (Å²) >= 11 is 0. The Morgan fingerprint density at radius 3 is 2.44 bits per heavy atom. The van der Waals surface area contributed by atoms with Crippen molar-refractivity contribution in [1.82, 2.24) is 5.54 Å². The lowest BCUT2D eigenvalue weighted by Crippen LogP contribution is -2.09. The molecule has 0 spiro atoms. The minimum Gasteiger partial charge on any atom is -0.267 e. The van der Waals surface area contributed by atoms with E-state index >= 15 is 0 Å². The molecule has 0 radical (unpaired) electrons. The largest absolute Gasteiger partial charge is 0.271 e. The number of nitrogens with one attached hydrogen (secondary N) is 1. The molecule has 0 aliphatic rings. The van der Waals surface area contributed by atoms with E-state index in [-0.39, 0.29) is 6.08 Å². The second kappa shape index (κ2) is 3.94. The molecular formula is C4H4F3NO. The van der Waals surface area contributed by atoms with Gasteiger partial charge in [0.1, 0.15) is 0 Å². The summed E-state index contributed by atoms with van der Waals surface area (Å²) < 4.78 is 33.2. The average Bonchev–Trinajstić information content (AvgIpc) is 1.83. The van der Waals surface area contributed by atoms with Gasteiger partial charge in [-0.15, -0.1) is 0 Å². The summed E-state index contributed by atoms with van der Waals surface area (Å²) in [6.07, 6.45) is -2.01. The molecule has 2 nitrogen and oxygen atoms in total. The van der Waals surface area contributed by atoms with E-state index in [0.717, 1.165) is 0 Å². The molecule has 0 aromatic heterocycles. The van der Waals surface area contributed by atoms with Gasteiger partial charge in [-0.2, -0.15) is 5.54 Å². The van der Waals surface area contributed by atoms with Crippen LogP contribution < -0.4 is 5.54 Å². The standard InChI is InChI=1S/C4H4F3NO/c5-3(6)1-2-4(9)8-7/h1-3H,(H,8,9). The first-order chi connectivity index (χ1) is 4.16. The molecule has 52 valence electrons. The quantitative estimate of drug-likeness (QED) is 0.445. The zero-order valence-electron chi connectivity index (χ0n) is 4.27. The van der Waals surface area contributed by atoms with Gasteiger partial charge in [-0.1, -0.05) is 4.48 Å². The molecule has 0 bridgehead atoms. The maximum atomic E-state index is 11.1. The van der Waals surface area contributed by atoms with E-state index in [1.807, 2.05) is 0 Å². The highest BCUT2D eigenvalue weighted by atomic mass is 19.3. The van der Waals surface area contributed by atoms with E-state index in [0.29, 0.717) is 11.6 Å². The van der Waals surface area contributed by atoms with Crippen molar-refractivity contribution in [3.8, 4) is 0 Å². The van der Waals surface area contributed by atoms with Crippen LogP contribution in [0.4, 0.5) is 13.3 Å². The van der Waals surface area contributed by atoms with Gasteiger partial charge in [0.25, 0.3) is 12.3 Å². The lowest BCUT2D eigenvalue weighted by molar-refractivity contribution is -0.120. The number of rotatable bonds is 2. The van der Waals surface area contributed by atoms with Gasteiger partial charge >= 0.3 is 0 Å². The van der Waals surface area contributed by atoms with Crippen molar-refractivity contribution >= 4 is 5.91 Å². The van der Waals surface area contributed by atoms with Crippen LogP contribution in [0.5, 0.6) is 0 Å². The van der Waals surface area contributed by atoms with E-state index in [9.17, 15) is 18.1 Å². The smallest absolute Gasteiger partial charge is 0.267 e. The van der Waals surface area contributed by atoms with Gasteiger partial charge in [-0.05, 0) is 6.08 Å². The van der Waals surface area contributed by atoms with Gasteiger partial charge in [0.2, 0.25) is 0 Å². The molecular weight excluding hydrogens is 135 g/mol. The minimum atomic E-state index is -2.72. The Kier molecular flexibility index (Phi) is 3.50. The number of alkyl halides is 2. The fourth-order valence-electron chi connectivity index (χ4n) is 0.192. The predicted molar refractivity (Wildman–Crippen MR) is 24.4 cm³/mol. The lowest BCUT2D eigenvalue weighted by Gasteiger charge is -1.84. The molecule has 1 amide bonds. The molecule has 0 aliphatic heterocycles. The van der Waals surface area contributed by atoms with Crippen LogP contribution in [0.3, 0.4) is 0 Å². The van der Waals surface area contributed by atoms with Crippen molar-refractivity contribution in [3.05, 3.63) is 12.2 Å². The third-order valence-corrected chi connectivity index (χ3v) is 0.486. The molecule has 0 aliphatic carbocycles. The van der Waals surface area contributed by atoms with Gasteiger partial charge in [-0.3, -0.25) is 4.79 Å². The fourth-order valence-corrected chi connectivity index (χ4v) is 0.192. The summed E-state index contributed by atoms with van der Waals surface area (Å²) in [7, 11) is 0. The van der Waals surface area contributed by atoms with Crippen LogP contribution in [-0.2, 0) is 4.79 Å². The Balaban J connectivity index is 3.57. The van der Waals surface area contributed by atoms with E-state index in [2.05, 4.69) is 0 Å². The van der Waals surface area contributed by atoms with Crippen LogP contribution >= 0.6 is 0 Å². The van der Waals surface area contributed by atoms with E-state index in [1.54, 1.807) is 0 Å². The van der Waals surface area contributed by atoms with Gasteiger partial charge in [-0.25, -0.2) is 8.78 Å². The van der Waals surface area contributed by atoms with Crippen LogP contribution in [0.1, 0.15) is 0 Å². The Morgan fingerprint density at radius 2 is 2.11 bits per heavy atom. The molecule has 1 N–H and O–H groups in total. The van der Waals surface area contributed by atoms with Crippen molar-refractivity contribution in [2.75, 3.05) is 0 Å². The van der Waals surface area contributed by atoms with E-state index in [1.165, 1.54) is 0 Å². The lowest BCUT2D eigenvalue weighted by atomic mass is 10.5. The number of halogens is 3. The van der Waals surface area contributed by atoms with Crippen LogP contribution in [0.15, 0.2) is 12.2 Å². The van der Waals surface area contributed by atoms with Crippen LogP contribution in [0.2, 0.25) is 0 Å². The molecule has 0 aromatic carbocycles. The number of amides is 1. The van der Waals surface area contributed by atoms with Gasteiger partial charge in [0.15, 0.2) is 0 Å².